The Balaban J connectivity index is 1.49. The van der Waals surface area contributed by atoms with Gasteiger partial charge in [-0.2, -0.15) is 0 Å². The lowest BCUT2D eigenvalue weighted by Crippen LogP contribution is -2.14. The number of ether oxygens (including phenoxy) is 2. The molecule has 8 heteroatoms. The molecular formula is C23H17FN2O5. The molecule has 0 aliphatic carbocycles. The summed E-state index contributed by atoms with van der Waals surface area (Å²) in [7, 11) is 0. The van der Waals surface area contributed by atoms with Crippen molar-refractivity contribution in [2.24, 2.45) is 0 Å². The minimum absolute atomic E-state index is 0.0961. The summed E-state index contributed by atoms with van der Waals surface area (Å²) in [4.78, 5) is 29.1. The van der Waals surface area contributed by atoms with E-state index in [9.17, 15) is 14.0 Å². The first-order chi connectivity index (χ1) is 15.0. The normalized spacial score (nSPS) is 10.8. The molecule has 7 nitrogen and oxygen atoms in total. The molecule has 4 aromatic rings. The van der Waals surface area contributed by atoms with Gasteiger partial charge in [0.25, 0.3) is 5.71 Å². The van der Waals surface area contributed by atoms with Gasteiger partial charge in [0, 0.05) is 5.56 Å². The minimum Gasteiger partial charge on any atom is -0.458 e. The molecule has 0 fully saturated rings. The molecule has 0 N–H and O–H groups in total. The van der Waals surface area contributed by atoms with Gasteiger partial charge in [-0.15, -0.1) is 0 Å². The molecule has 0 atom stereocenters. The lowest BCUT2D eigenvalue weighted by molar-refractivity contribution is 0.0267. The van der Waals surface area contributed by atoms with E-state index in [2.05, 4.69) is 10.1 Å². The largest absolute Gasteiger partial charge is 0.458 e. The number of carbonyl (C=O) groups is 2. The highest BCUT2D eigenvalue weighted by Gasteiger charge is 2.20. The number of fused-ring (bicyclic) bond motifs is 1. The third-order valence-corrected chi connectivity index (χ3v) is 4.54. The van der Waals surface area contributed by atoms with Crippen LogP contribution in [-0.4, -0.2) is 35.3 Å². The van der Waals surface area contributed by atoms with E-state index in [0.29, 0.717) is 27.9 Å². The van der Waals surface area contributed by atoms with Gasteiger partial charge in [0.05, 0.1) is 27.9 Å². The van der Waals surface area contributed by atoms with Crippen molar-refractivity contribution in [1.29, 1.82) is 0 Å². The van der Waals surface area contributed by atoms with Crippen LogP contribution in [0, 0.1) is 12.7 Å². The highest BCUT2D eigenvalue weighted by atomic mass is 19.1. The van der Waals surface area contributed by atoms with Crippen LogP contribution in [0.2, 0.25) is 0 Å². The smallest absolute Gasteiger partial charge is 0.339 e. The quantitative estimate of drug-likeness (QED) is 0.338. The SMILES string of the molecule is Cc1noc2nc(-c3ccc(F)cc3)cc(C(=O)OCCOC(=O)c3ccccc3)c12. The molecule has 0 aliphatic heterocycles. The van der Waals surface area contributed by atoms with Crippen molar-refractivity contribution in [3.05, 3.63) is 83.3 Å². The van der Waals surface area contributed by atoms with Gasteiger partial charge < -0.3 is 14.0 Å². The minimum atomic E-state index is -0.641. The van der Waals surface area contributed by atoms with Crippen molar-refractivity contribution in [3.63, 3.8) is 0 Å². The third-order valence-electron chi connectivity index (χ3n) is 4.54. The first-order valence-electron chi connectivity index (χ1n) is 9.45. The molecule has 0 spiro atoms. The van der Waals surface area contributed by atoms with E-state index >= 15 is 0 Å². The third kappa shape index (κ3) is 4.42. The predicted octanol–water partition coefficient (Wildman–Crippen LogP) is 4.35. The lowest BCUT2D eigenvalue weighted by Gasteiger charge is -2.09. The number of halogens is 1. The number of benzene rings is 2. The van der Waals surface area contributed by atoms with Crippen molar-refractivity contribution < 1.29 is 28.0 Å². The zero-order chi connectivity index (χ0) is 21.8. The Morgan fingerprint density at radius 3 is 2.35 bits per heavy atom. The summed E-state index contributed by atoms with van der Waals surface area (Å²) in [5.41, 5.74) is 2.28. The van der Waals surface area contributed by atoms with Crippen LogP contribution in [0.4, 0.5) is 4.39 Å². The van der Waals surface area contributed by atoms with Gasteiger partial charge in [-0.1, -0.05) is 23.4 Å². The standard InChI is InChI=1S/C23H17FN2O5/c1-14-20-18(23(28)30-12-11-29-22(27)16-5-3-2-4-6-16)13-19(25-21(20)31-26-14)15-7-9-17(24)10-8-15/h2-10,13H,11-12H2,1H3. The van der Waals surface area contributed by atoms with E-state index in [4.69, 9.17) is 14.0 Å². The summed E-state index contributed by atoms with van der Waals surface area (Å²) in [5, 5.41) is 4.29. The van der Waals surface area contributed by atoms with Gasteiger partial charge in [0.1, 0.15) is 19.0 Å². The van der Waals surface area contributed by atoms with Crippen molar-refractivity contribution in [2.45, 2.75) is 6.92 Å². The van der Waals surface area contributed by atoms with E-state index in [1.54, 1.807) is 49.4 Å². The Morgan fingerprint density at radius 2 is 1.65 bits per heavy atom. The van der Waals surface area contributed by atoms with Gasteiger partial charge in [-0.05, 0) is 49.4 Å². The van der Waals surface area contributed by atoms with Crippen LogP contribution in [0.1, 0.15) is 26.4 Å². The number of aryl methyl sites for hydroxylation is 1. The molecule has 0 amide bonds. The van der Waals surface area contributed by atoms with E-state index in [0.717, 1.165) is 0 Å². The number of hydrogen-bond donors (Lipinski definition) is 0. The molecule has 4 rings (SSSR count). The molecule has 0 bridgehead atoms. The lowest BCUT2D eigenvalue weighted by atomic mass is 10.1. The van der Waals surface area contributed by atoms with Crippen LogP contribution in [0.15, 0.2) is 65.2 Å². The summed E-state index contributed by atoms with van der Waals surface area (Å²) in [6.07, 6.45) is 0. The summed E-state index contributed by atoms with van der Waals surface area (Å²) in [5.74, 6) is -1.53. The maximum Gasteiger partial charge on any atom is 0.339 e. The van der Waals surface area contributed by atoms with Crippen LogP contribution < -0.4 is 0 Å². The number of esters is 2. The number of nitrogens with zero attached hydrogens (tertiary/aromatic N) is 2. The zero-order valence-electron chi connectivity index (χ0n) is 16.5. The summed E-state index contributed by atoms with van der Waals surface area (Å²) in [6.45, 7) is 1.46. The average molecular weight is 420 g/mol. The number of rotatable bonds is 6. The van der Waals surface area contributed by atoms with Gasteiger partial charge >= 0.3 is 11.9 Å². The van der Waals surface area contributed by atoms with Crippen molar-refractivity contribution in [3.8, 4) is 11.3 Å². The molecule has 2 heterocycles. The molecule has 0 saturated carbocycles. The summed E-state index contributed by atoms with van der Waals surface area (Å²) in [6, 6.07) is 15.7. The van der Waals surface area contributed by atoms with E-state index in [-0.39, 0.29) is 30.3 Å². The second-order valence-electron chi connectivity index (χ2n) is 6.65. The van der Waals surface area contributed by atoms with Crippen molar-refractivity contribution >= 4 is 23.0 Å². The fraction of sp³-hybridized carbons (Fsp3) is 0.130. The highest BCUT2D eigenvalue weighted by molar-refractivity contribution is 6.04. The first-order valence-corrected chi connectivity index (χ1v) is 9.45. The van der Waals surface area contributed by atoms with Gasteiger partial charge in [0.2, 0.25) is 0 Å². The van der Waals surface area contributed by atoms with Crippen LogP contribution >= 0.6 is 0 Å². The maximum absolute atomic E-state index is 13.2. The maximum atomic E-state index is 13.2. The first kappa shape index (κ1) is 20.2. The number of hydrogen-bond acceptors (Lipinski definition) is 7. The highest BCUT2D eigenvalue weighted by Crippen LogP contribution is 2.27. The Labute approximate surface area is 176 Å². The number of aromatic nitrogens is 2. The second kappa shape index (κ2) is 8.74. The molecule has 0 aliphatic rings. The van der Waals surface area contributed by atoms with Crippen molar-refractivity contribution in [2.75, 3.05) is 13.2 Å². The molecule has 2 aromatic heterocycles. The Morgan fingerprint density at radius 1 is 0.968 bits per heavy atom. The van der Waals surface area contributed by atoms with E-state index in [1.807, 2.05) is 0 Å². The Kier molecular flexibility index (Phi) is 5.70. The second-order valence-corrected chi connectivity index (χ2v) is 6.65. The fourth-order valence-corrected chi connectivity index (χ4v) is 3.03. The summed E-state index contributed by atoms with van der Waals surface area (Å²) >= 11 is 0. The van der Waals surface area contributed by atoms with Gasteiger partial charge in [0.15, 0.2) is 0 Å². The monoisotopic (exact) mass is 420 g/mol. The molecule has 0 radical (unpaired) electrons. The number of pyridine rings is 1. The predicted molar refractivity (Wildman–Crippen MR) is 109 cm³/mol. The average Bonchev–Trinajstić information content (AvgIpc) is 3.17. The van der Waals surface area contributed by atoms with Gasteiger partial charge in [-0.25, -0.2) is 19.0 Å². The van der Waals surface area contributed by atoms with Crippen LogP contribution in [-0.2, 0) is 9.47 Å². The van der Waals surface area contributed by atoms with Crippen LogP contribution in [0.5, 0.6) is 0 Å². The van der Waals surface area contributed by atoms with Gasteiger partial charge in [-0.3, -0.25) is 0 Å². The molecule has 0 unspecified atom stereocenters. The molecule has 2 aromatic carbocycles. The van der Waals surface area contributed by atoms with E-state index < -0.39 is 11.9 Å². The Bertz CT molecular complexity index is 1240. The van der Waals surface area contributed by atoms with Crippen LogP contribution in [0.25, 0.3) is 22.4 Å². The zero-order valence-corrected chi connectivity index (χ0v) is 16.5. The molecular weight excluding hydrogens is 403 g/mol. The molecule has 31 heavy (non-hydrogen) atoms. The van der Waals surface area contributed by atoms with E-state index in [1.165, 1.54) is 18.2 Å². The van der Waals surface area contributed by atoms with Crippen molar-refractivity contribution in [1.82, 2.24) is 10.1 Å². The van der Waals surface area contributed by atoms with Crippen LogP contribution in [0.3, 0.4) is 0 Å². The Hall–Kier alpha value is -4.07. The number of carbonyl (C=O) groups excluding carboxylic acids is 2. The topological polar surface area (TPSA) is 91.5 Å². The summed E-state index contributed by atoms with van der Waals surface area (Å²) < 4.78 is 28.9. The molecule has 0 saturated heterocycles. The molecule has 156 valence electrons. The fourth-order valence-electron chi connectivity index (χ4n) is 3.03.